The SMILES string of the molecule is C=BN=N[C@@H](CCI)[C@@H]1OC(C)(C)OC1C. The minimum atomic E-state index is -0.517. The van der Waals surface area contributed by atoms with E-state index in [9.17, 15) is 0 Å². The van der Waals surface area contributed by atoms with Crippen molar-refractivity contribution in [2.75, 3.05) is 4.43 Å². The van der Waals surface area contributed by atoms with Crippen LogP contribution in [-0.2, 0) is 9.47 Å². The zero-order valence-corrected chi connectivity index (χ0v) is 12.2. The molecule has 0 aromatic rings. The molecule has 1 rings (SSSR count). The Labute approximate surface area is 111 Å². The average molecular weight is 336 g/mol. The number of hydrogen-bond acceptors (Lipinski definition) is 4. The Morgan fingerprint density at radius 1 is 1.50 bits per heavy atom. The van der Waals surface area contributed by atoms with Crippen molar-refractivity contribution < 1.29 is 9.47 Å². The summed E-state index contributed by atoms with van der Waals surface area (Å²) in [5.74, 6) is -0.517. The summed E-state index contributed by atoms with van der Waals surface area (Å²) in [6.45, 7) is 9.40. The second-order valence-electron chi connectivity index (χ2n) is 4.26. The van der Waals surface area contributed by atoms with Gasteiger partial charge in [-0.3, -0.25) is 0 Å². The molecule has 16 heavy (non-hydrogen) atoms. The third-order valence-corrected chi connectivity index (χ3v) is 3.06. The van der Waals surface area contributed by atoms with Crippen molar-refractivity contribution in [3.05, 3.63) is 0 Å². The molecule has 90 valence electrons. The van der Waals surface area contributed by atoms with Crippen LogP contribution in [0.25, 0.3) is 0 Å². The van der Waals surface area contributed by atoms with E-state index in [4.69, 9.17) is 9.47 Å². The number of halogens is 1. The van der Waals surface area contributed by atoms with Gasteiger partial charge in [0.1, 0.15) is 0 Å². The monoisotopic (exact) mass is 336 g/mol. The van der Waals surface area contributed by atoms with Gasteiger partial charge in [0.15, 0.2) is 0 Å². The van der Waals surface area contributed by atoms with E-state index in [0.29, 0.717) is 0 Å². The normalized spacial score (nSPS) is 30.5. The van der Waals surface area contributed by atoms with Gasteiger partial charge in [0, 0.05) is 0 Å². The maximum atomic E-state index is 5.86. The molecule has 0 aromatic heterocycles. The molecule has 1 fully saturated rings. The number of ether oxygens (including phenoxy) is 2. The first-order chi connectivity index (χ1) is 7.50. The first-order valence-corrected chi connectivity index (χ1v) is 6.95. The molecule has 0 aromatic carbocycles. The van der Waals surface area contributed by atoms with Crippen molar-refractivity contribution >= 4 is 36.1 Å². The van der Waals surface area contributed by atoms with Crippen LogP contribution in [0.15, 0.2) is 10.1 Å². The molecule has 1 saturated heterocycles. The van der Waals surface area contributed by atoms with Gasteiger partial charge in [-0.25, -0.2) is 0 Å². The first-order valence-electron chi connectivity index (χ1n) is 5.42. The predicted octanol–water partition coefficient (Wildman–Crippen LogP) is 2.22. The Bertz CT molecular complexity index is 274. The molecule has 3 atom stereocenters. The summed E-state index contributed by atoms with van der Waals surface area (Å²) in [7, 11) is 1.45. The van der Waals surface area contributed by atoms with Crippen LogP contribution in [0, 0.1) is 0 Å². The van der Waals surface area contributed by atoms with E-state index in [-0.39, 0.29) is 18.2 Å². The molecule has 4 nitrogen and oxygen atoms in total. The third kappa shape index (κ3) is 3.89. The van der Waals surface area contributed by atoms with Crippen molar-refractivity contribution in [3.8, 4) is 0 Å². The van der Waals surface area contributed by atoms with Crippen LogP contribution < -0.4 is 0 Å². The topological polar surface area (TPSA) is 43.2 Å². The molecule has 1 heterocycles. The molecule has 0 spiro atoms. The Morgan fingerprint density at radius 2 is 2.19 bits per heavy atom. The summed E-state index contributed by atoms with van der Waals surface area (Å²) < 4.78 is 12.6. The van der Waals surface area contributed by atoms with Gasteiger partial charge >= 0.3 is 111 Å². The Hall–Kier alpha value is 0.185. The molecular formula is C10H18BIN2O2. The summed E-state index contributed by atoms with van der Waals surface area (Å²) in [4.78, 5) is 0. The van der Waals surface area contributed by atoms with Gasteiger partial charge in [0.2, 0.25) is 0 Å². The zero-order chi connectivity index (χ0) is 12.2. The molecule has 1 aliphatic rings. The predicted molar refractivity (Wildman–Crippen MR) is 74.5 cm³/mol. The molecule has 0 bridgehead atoms. The Kier molecular flexibility index (Phi) is 5.53. The van der Waals surface area contributed by atoms with E-state index in [1.54, 1.807) is 0 Å². The number of nitrogens with zero attached hydrogens (tertiary/aromatic N) is 2. The van der Waals surface area contributed by atoms with Crippen LogP contribution in [-0.4, -0.2) is 42.0 Å². The number of rotatable bonds is 5. The Morgan fingerprint density at radius 3 is 2.62 bits per heavy atom. The van der Waals surface area contributed by atoms with Gasteiger partial charge in [0.05, 0.1) is 0 Å². The standard InChI is InChI=1S/C10H18BIN2O2/c1-7-9(16-10(2,3)15-7)8(5-6-12)13-14-11-4/h7-9H,4-6H2,1-3H3/t7?,8-,9+/m0/s1. The van der Waals surface area contributed by atoms with Gasteiger partial charge in [-0.05, 0) is 0 Å². The second-order valence-corrected chi connectivity index (χ2v) is 5.34. The molecule has 6 heteroatoms. The van der Waals surface area contributed by atoms with E-state index in [1.807, 2.05) is 20.8 Å². The summed E-state index contributed by atoms with van der Waals surface area (Å²) >= 11 is 2.33. The zero-order valence-electron chi connectivity index (χ0n) is 10.0. The molecule has 0 radical (unpaired) electrons. The van der Waals surface area contributed by atoms with Crippen molar-refractivity contribution in [3.63, 3.8) is 0 Å². The van der Waals surface area contributed by atoms with E-state index < -0.39 is 5.79 Å². The van der Waals surface area contributed by atoms with E-state index in [0.717, 1.165) is 10.8 Å². The van der Waals surface area contributed by atoms with Crippen LogP contribution in [0.3, 0.4) is 0 Å². The fourth-order valence-corrected chi connectivity index (χ4v) is 2.53. The fourth-order valence-electron chi connectivity index (χ4n) is 1.89. The minimum absolute atomic E-state index is 0.0199. The molecule has 0 amide bonds. The van der Waals surface area contributed by atoms with Crippen LogP contribution in [0.1, 0.15) is 27.2 Å². The molecular weight excluding hydrogens is 318 g/mol. The van der Waals surface area contributed by atoms with Crippen molar-refractivity contribution in [1.82, 2.24) is 0 Å². The number of alkyl halides is 1. The van der Waals surface area contributed by atoms with Gasteiger partial charge < -0.3 is 0 Å². The van der Waals surface area contributed by atoms with Crippen LogP contribution in [0.4, 0.5) is 0 Å². The second kappa shape index (κ2) is 6.21. The molecule has 1 unspecified atom stereocenters. The van der Waals surface area contributed by atoms with Gasteiger partial charge in [-0.2, -0.15) is 0 Å². The van der Waals surface area contributed by atoms with Gasteiger partial charge in [0.25, 0.3) is 0 Å². The van der Waals surface area contributed by atoms with Crippen molar-refractivity contribution in [2.45, 2.75) is 51.2 Å². The molecule has 0 N–H and O–H groups in total. The van der Waals surface area contributed by atoms with Crippen molar-refractivity contribution in [1.29, 1.82) is 0 Å². The van der Waals surface area contributed by atoms with E-state index in [1.165, 1.54) is 7.06 Å². The van der Waals surface area contributed by atoms with E-state index >= 15 is 0 Å². The van der Waals surface area contributed by atoms with E-state index in [2.05, 4.69) is 39.2 Å². The number of hydrogen-bond donors (Lipinski definition) is 0. The van der Waals surface area contributed by atoms with Crippen molar-refractivity contribution in [2.24, 2.45) is 10.1 Å². The summed E-state index contributed by atoms with van der Waals surface area (Å²) in [5, 5.41) is 8.09. The summed E-state index contributed by atoms with van der Waals surface area (Å²) in [6, 6.07) is 0.0478. The first kappa shape index (κ1) is 14.2. The molecule has 0 saturated carbocycles. The quantitative estimate of drug-likeness (QED) is 0.334. The molecule has 0 aliphatic carbocycles. The maximum absolute atomic E-state index is 5.86. The average Bonchev–Trinajstić information content (AvgIpc) is 2.47. The van der Waals surface area contributed by atoms with Gasteiger partial charge in [-0.1, -0.05) is 0 Å². The van der Waals surface area contributed by atoms with Crippen LogP contribution in [0.2, 0.25) is 0 Å². The van der Waals surface area contributed by atoms with Gasteiger partial charge in [-0.15, -0.1) is 0 Å². The summed E-state index contributed by atoms with van der Waals surface area (Å²) in [5.41, 5.74) is 0. The third-order valence-electron chi connectivity index (χ3n) is 2.43. The fraction of sp³-hybridized carbons (Fsp3) is 0.900. The summed E-state index contributed by atoms with van der Waals surface area (Å²) in [6.07, 6.45) is 0.965. The molecule has 1 aliphatic heterocycles. The van der Waals surface area contributed by atoms with Crippen LogP contribution >= 0.6 is 22.6 Å². The van der Waals surface area contributed by atoms with Crippen LogP contribution in [0.5, 0.6) is 0 Å². The Balaban J connectivity index is 2.71.